The highest BCUT2D eigenvalue weighted by atomic mass is 32.1. The molecule has 0 atom stereocenters. The number of aromatic nitrogens is 1. The molecule has 1 rings (SSSR count). The first-order valence-corrected chi connectivity index (χ1v) is 4.64. The van der Waals surface area contributed by atoms with Crippen LogP contribution in [0.4, 0.5) is 0 Å². The van der Waals surface area contributed by atoms with Crippen molar-refractivity contribution in [3.63, 3.8) is 0 Å². The predicted molar refractivity (Wildman–Crippen MR) is 55.8 cm³/mol. The number of hydrogen-bond donors (Lipinski definition) is 2. The third kappa shape index (κ3) is 4.20. The predicted octanol–water partition coefficient (Wildman–Crippen LogP) is 0.285. The van der Waals surface area contributed by atoms with Gasteiger partial charge in [0.1, 0.15) is 12.4 Å². The number of hydrogen-bond acceptors (Lipinski definition) is 4. The zero-order valence-corrected chi connectivity index (χ0v) is 8.76. The Balaban J connectivity index is 1.97. The average molecular weight is 215 g/mol. The van der Waals surface area contributed by atoms with E-state index >= 15 is 0 Å². The molecule has 1 aromatic heterocycles. The molecule has 2 N–H and O–H groups in total. The maximum atomic E-state index is 5.29. The normalized spacial score (nSPS) is 9.79. The van der Waals surface area contributed by atoms with Crippen LogP contribution in [0.1, 0.15) is 5.76 Å². The third-order valence-electron chi connectivity index (χ3n) is 1.49. The van der Waals surface area contributed by atoms with Crippen LogP contribution in [0.3, 0.4) is 0 Å². The van der Waals surface area contributed by atoms with E-state index in [9.17, 15) is 0 Å². The standard InChI is InChI=1S/C8H13N3O2S/c1-9-8(14)11-2-3-12-5-7-4-10-6-13-7/h4,6H,2-3,5H2,1H3,(H2,9,11,14). The molecule has 0 fully saturated rings. The molecule has 0 unspecified atom stereocenters. The molecule has 1 heterocycles. The number of nitrogens with zero attached hydrogens (tertiary/aromatic N) is 1. The molecule has 0 saturated carbocycles. The van der Waals surface area contributed by atoms with Gasteiger partial charge < -0.3 is 19.8 Å². The van der Waals surface area contributed by atoms with Crippen molar-refractivity contribution in [2.75, 3.05) is 20.2 Å². The molecule has 0 aliphatic carbocycles. The summed E-state index contributed by atoms with van der Waals surface area (Å²) in [7, 11) is 1.77. The molecule has 0 spiro atoms. The summed E-state index contributed by atoms with van der Waals surface area (Å²) in [6, 6.07) is 0. The van der Waals surface area contributed by atoms with Gasteiger partial charge in [0.05, 0.1) is 12.8 Å². The van der Waals surface area contributed by atoms with E-state index in [-0.39, 0.29) is 0 Å². The summed E-state index contributed by atoms with van der Waals surface area (Å²) < 4.78 is 10.3. The van der Waals surface area contributed by atoms with Gasteiger partial charge in [0.2, 0.25) is 0 Å². The highest BCUT2D eigenvalue weighted by Crippen LogP contribution is 1.97. The Morgan fingerprint density at radius 2 is 2.57 bits per heavy atom. The van der Waals surface area contributed by atoms with Crippen LogP contribution in [0, 0.1) is 0 Å². The number of oxazole rings is 1. The van der Waals surface area contributed by atoms with Gasteiger partial charge >= 0.3 is 0 Å². The first-order chi connectivity index (χ1) is 6.83. The molecule has 0 radical (unpaired) electrons. The largest absolute Gasteiger partial charge is 0.446 e. The first-order valence-electron chi connectivity index (χ1n) is 4.23. The highest BCUT2D eigenvalue weighted by molar-refractivity contribution is 7.80. The molecule has 0 amide bonds. The lowest BCUT2D eigenvalue weighted by atomic mass is 10.5. The first kappa shape index (κ1) is 10.9. The number of ether oxygens (including phenoxy) is 1. The maximum absolute atomic E-state index is 5.29. The summed E-state index contributed by atoms with van der Waals surface area (Å²) in [6.45, 7) is 1.68. The van der Waals surface area contributed by atoms with Gasteiger partial charge in [-0.3, -0.25) is 0 Å². The van der Waals surface area contributed by atoms with E-state index in [1.54, 1.807) is 13.2 Å². The zero-order valence-electron chi connectivity index (χ0n) is 7.95. The van der Waals surface area contributed by atoms with Crippen molar-refractivity contribution in [3.05, 3.63) is 18.4 Å². The van der Waals surface area contributed by atoms with Gasteiger partial charge in [0, 0.05) is 13.6 Å². The van der Waals surface area contributed by atoms with Crippen LogP contribution in [-0.4, -0.2) is 30.3 Å². The monoisotopic (exact) mass is 215 g/mol. The molecule has 1 aromatic rings. The number of rotatable bonds is 5. The van der Waals surface area contributed by atoms with Gasteiger partial charge in [-0.25, -0.2) is 4.98 Å². The van der Waals surface area contributed by atoms with Gasteiger partial charge in [0.15, 0.2) is 11.5 Å². The molecule has 78 valence electrons. The van der Waals surface area contributed by atoms with E-state index in [0.29, 0.717) is 24.9 Å². The Bertz CT molecular complexity index is 264. The van der Waals surface area contributed by atoms with Crippen molar-refractivity contribution < 1.29 is 9.15 Å². The van der Waals surface area contributed by atoms with Crippen LogP contribution in [0.2, 0.25) is 0 Å². The third-order valence-corrected chi connectivity index (χ3v) is 1.84. The number of nitrogens with one attached hydrogen (secondary N) is 2. The minimum absolute atomic E-state index is 0.438. The maximum Gasteiger partial charge on any atom is 0.180 e. The smallest absolute Gasteiger partial charge is 0.180 e. The van der Waals surface area contributed by atoms with E-state index in [1.165, 1.54) is 6.39 Å². The second-order valence-corrected chi connectivity index (χ2v) is 2.93. The lowest BCUT2D eigenvalue weighted by Gasteiger charge is -2.06. The Morgan fingerprint density at radius 1 is 1.71 bits per heavy atom. The fraction of sp³-hybridized carbons (Fsp3) is 0.500. The Morgan fingerprint density at radius 3 is 3.21 bits per heavy atom. The minimum atomic E-state index is 0.438. The minimum Gasteiger partial charge on any atom is -0.446 e. The fourth-order valence-corrected chi connectivity index (χ4v) is 0.913. The SMILES string of the molecule is CNC(=S)NCCOCc1cnco1. The second-order valence-electron chi connectivity index (χ2n) is 2.53. The van der Waals surface area contributed by atoms with Crippen molar-refractivity contribution in [3.8, 4) is 0 Å². The lowest BCUT2D eigenvalue weighted by molar-refractivity contribution is 0.110. The average Bonchev–Trinajstić information content (AvgIpc) is 2.69. The summed E-state index contributed by atoms with van der Waals surface area (Å²) in [5.41, 5.74) is 0. The van der Waals surface area contributed by atoms with Crippen molar-refractivity contribution >= 4 is 17.3 Å². The summed E-state index contributed by atoms with van der Waals surface area (Å²) >= 11 is 4.88. The van der Waals surface area contributed by atoms with Gasteiger partial charge in [-0.15, -0.1) is 0 Å². The van der Waals surface area contributed by atoms with E-state index in [2.05, 4.69) is 15.6 Å². The summed E-state index contributed by atoms with van der Waals surface area (Å²) in [5.74, 6) is 0.723. The molecule has 6 heteroatoms. The van der Waals surface area contributed by atoms with Gasteiger partial charge in [-0.2, -0.15) is 0 Å². The molecule has 0 bridgehead atoms. The Kier molecular flexibility index (Phi) is 4.95. The van der Waals surface area contributed by atoms with Crippen LogP contribution in [0.5, 0.6) is 0 Å². The Labute approximate surface area is 87.8 Å². The second kappa shape index (κ2) is 6.33. The summed E-state index contributed by atoms with van der Waals surface area (Å²) in [4.78, 5) is 3.77. The zero-order chi connectivity index (χ0) is 10.2. The molecule has 14 heavy (non-hydrogen) atoms. The molecule has 0 aliphatic heterocycles. The summed E-state index contributed by atoms with van der Waals surface area (Å²) in [5, 5.41) is 6.39. The van der Waals surface area contributed by atoms with Crippen molar-refractivity contribution in [2.45, 2.75) is 6.61 Å². The van der Waals surface area contributed by atoms with Crippen LogP contribution in [0.15, 0.2) is 17.0 Å². The van der Waals surface area contributed by atoms with Crippen LogP contribution >= 0.6 is 12.2 Å². The molecular formula is C8H13N3O2S. The molecule has 0 aromatic carbocycles. The van der Waals surface area contributed by atoms with Crippen LogP contribution in [0.25, 0.3) is 0 Å². The van der Waals surface area contributed by atoms with E-state index in [4.69, 9.17) is 21.4 Å². The lowest BCUT2D eigenvalue weighted by Crippen LogP contribution is -2.34. The van der Waals surface area contributed by atoms with Gasteiger partial charge in [-0.1, -0.05) is 0 Å². The number of thiocarbonyl (C=S) groups is 1. The van der Waals surface area contributed by atoms with Crippen molar-refractivity contribution in [2.24, 2.45) is 0 Å². The fourth-order valence-electron chi connectivity index (χ4n) is 0.811. The molecule has 5 nitrogen and oxygen atoms in total. The van der Waals surface area contributed by atoms with E-state index in [0.717, 1.165) is 5.76 Å². The van der Waals surface area contributed by atoms with Crippen LogP contribution in [-0.2, 0) is 11.3 Å². The van der Waals surface area contributed by atoms with Crippen molar-refractivity contribution in [1.29, 1.82) is 0 Å². The molecular weight excluding hydrogens is 202 g/mol. The van der Waals surface area contributed by atoms with E-state index < -0.39 is 0 Å². The van der Waals surface area contributed by atoms with Crippen molar-refractivity contribution in [1.82, 2.24) is 15.6 Å². The van der Waals surface area contributed by atoms with Gasteiger partial charge in [0.25, 0.3) is 0 Å². The highest BCUT2D eigenvalue weighted by Gasteiger charge is 1.96. The van der Waals surface area contributed by atoms with Gasteiger partial charge in [-0.05, 0) is 12.2 Å². The molecule has 0 saturated heterocycles. The summed E-state index contributed by atoms with van der Waals surface area (Å²) in [6.07, 6.45) is 3.01. The van der Waals surface area contributed by atoms with E-state index in [1.807, 2.05) is 0 Å². The molecule has 0 aliphatic rings. The van der Waals surface area contributed by atoms with Crippen LogP contribution < -0.4 is 10.6 Å². The topological polar surface area (TPSA) is 59.3 Å². The Hall–Kier alpha value is -1.14. The quantitative estimate of drug-likeness (QED) is 0.543.